The van der Waals surface area contributed by atoms with Crippen molar-refractivity contribution in [1.29, 1.82) is 0 Å². The van der Waals surface area contributed by atoms with Crippen molar-refractivity contribution in [3.8, 4) is 11.5 Å². The number of aromatic nitrogens is 1. The van der Waals surface area contributed by atoms with E-state index in [9.17, 15) is 27.6 Å². The highest BCUT2D eigenvalue weighted by atomic mass is 19.3. The molecule has 1 N–H and O–H groups in total. The van der Waals surface area contributed by atoms with Gasteiger partial charge in [0.05, 0.1) is 12.2 Å². The van der Waals surface area contributed by atoms with Crippen molar-refractivity contribution in [3.05, 3.63) is 125 Å². The molecule has 47 heavy (non-hydrogen) atoms. The summed E-state index contributed by atoms with van der Waals surface area (Å²) in [5.74, 6) is -1.73. The molecule has 0 radical (unpaired) electrons. The molecule has 242 valence electrons. The van der Waals surface area contributed by atoms with Crippen LogP contribution in [0.25, 0.3) is 5.57 Å². The van der Waals surface area contributed by atoms with Gasteiger partial charge in [-0.3, -0.25) is 14.4 Å². The smallest absolute Gasteiger partial charge is 0.387 e. The van der Waals surface area contributed by atoms with Crippen LogP contribution in [0.5, 0.6) is 11.5 Å². The summed E-state index contributed by atoms with van der Waals surface area (Å²) in [4.78, 5) is 46.0. The third-order valence-corrected chi connectivity index (χ3v) is 7.46. The average Bonchev–Trinajstić information content (AvgIpc) is 3.53. The second-order valence-electron chi connectivity index (χ2n) is 10.7. The number of ether oxygens (including phenoxy) is 2. The molecule has 12 heteroatoms. The summed E-state index contributed by atoms with van der Waals surface area (Å²) in [6.07, 6.45) is 1.63. The molecule has 0 spiro atoms. The van der Waals surface area contributed by atoms with Gasteiger partial charge in [-0.25, -0.2) is 9.37 Å². The maximum Gasteiger partial charge on any atom is 0.387 e. The van der Waals surface area contributed by atoms with Crippen LogP contribution in [-0.4, -0.2) is 53.9 Å². The monoisotopic (exact) mass is 644 g/mol. The summed E-state index contributed by atoms with van der Waals surface area (Å²) in [5.41, 5.74) is 3.02. The lowest BCUT2D eigenvalue weighted by Crippen LogP contribution is -2.45. The molecule has 2 heterocycles. The highest BCUT2D eigenvalue weighted by Crippen LogP contribution is 2.35. The SMILES string of the molecule is CC(=O)N1CC(c2ccc(OC(F)F)c(OCc3ccccc3)c2)=C[C@@H]1C(=O)NCc1cccc(C(=O)N(C)c2ccc(F)cc2)n1. The van der Waals surface area contributed by atoms with E-state index in [1.165, 1.54) is 53.1 Å². The largest absolute Gasteiger partial charge is 0.485 e. The molecular weight excluding hydrogens is 613 g/mol. The van der Waals surface area contributed by atoms with E-state index >= 15 is 0 Å². The Kier molecular flexibility index (Phi) is 10.2. The van der Waals surface area contributed by atoms with Gasteiger partial charge in [-0.2, -0.15) is 8.78 Å². The molecular formula is C35H31F3N4O5. The zero-order valence-electron chi connectivity index (χ0n) is 25.5. The van der Waals surface area contributed by atoms with Gasteiger partial charge in [0.15, 0.2) is 11.5 Å². The van der Waals surface area contributed by atoms with Crippen LogP contribution in [0.2, 0.25) is 0 Å². The molecule has 1 aliphatic rings. The van der Waals surface area contributed by atoms with Crippen LogP contribution in [0.1, 0.15) is 34.2 Å². The number of amides is 3. The van der Waals surface area contributed by atoms with E-state index in [1.54, 1.807) is 37.4 Å². The van der Waals surface area contributed by atoms with Gasteiger partial charge in [0.2, 0.25) is 11.8 Å². The first-order valence-corrected chi connectivity index (χ1v) is 14.6. The number of anilines is 1. The topological polar surface area (TPSA) is 101 Å². The highest BCUT2D eigenvalue weighted by molar-refractivity contribution is 6.04. The van der Waals surface area contributed by atoms with Crippen molar-refractivity contribution < 1.29 is 37.0 Å². The number of nitrogens with one attached hydrogen (secondary N) is 1. The Bertz CT molecular complexity index is 1780. The van der Waals surface area contributed by atoms with E-state index in [2.05, 4.69) is 15.0 Å². The first-order chi connectivity index (χ1) is 22.6. The van der Waals surface area contributed by atoms with Gasteiger partial charge in [-0.05, 0) is 71.3 Å². The number of pyridine rings is 1. The van der Waals surface area contributed by atoms with Crippen LogP contribution in [0.15, 0.2) is 97.1 Å². The highest BCUT2D eigenvalue weighted by Gasteiger charge is 2.33. The van der Waals surface area contributed by atoms with Crippen molar-refractivity contribution in [1.82, 2.24) is 15.2 Å². The molecule has 9 nitrogen and oxygen atoms in total. The molecule has 1 aliphatic heterocycles. The van der Waals surface area contributed by atoms with Crippen LogP contribution in [0.3, 0.4) is 0 Å². The number of nitrogens with zero attached hydrogens (tertiary/aromatic N) is 3. The number of carbonyl (C=O) groups excluding carboxylic acids is 3. The normalized spacial score (nSPS) is 14.0. The fraction of sp³-hybridized carbons (Fsp3) is 0.200. The first kappa shape index (κ1) is 32.7. The molecule has 0 bridgehead atoms. The van der Waals surface area contributed by atoms with Crippen LogP contribution in [0, 0.1) is 5.82 Å². The van der Waals surface area contributed by atoms with Crippen molar-refractivity contribution in [2.75, 3.05) is 18.5 Å². The van der Waals surface area contributed by atoms with Gasteiger partial charge >= 0.3 is 6.61 Å². The first-order valence-electron chi connectivity index (χ1n) is 14.6. The summed E-state index contributed by atoms with van der Waals surface area (Å²) in [6.45, 7) is -1.53. The average molecular weight is 645 g/mol. The molecule has 3 aromatic carbocycles. The Balaban J connectivity index is 1.30. The molecule has 1 atom stereocenters. The Hall–Kier alpha value is -5.65. The molecule has 0 saturated carbocycles. The van der Waals surface area contributed by atoms with E-state index in [4.69, 9.17) is 4.74 Å². The van der Waals surface area contributed by atoms with Gasteiger partial charge in [-0.15, -0.1) is 0 Å². The number of carbonyl (C=O) groups is 3. The Labute approximate surface area is 269 Å². The van der Waals surface area contributed by atoms with Gasteiger partial charge < -0.3 is 24.6 Å². The van der Waals surface area contributed by atoms with Crippen LogP contribution < -0.4 is 19.7 Å². The molecule has 3 amide bonds. The number of benzene rings is 3. The van der Waals surface area contributed by atoms with Crippen LogP contribution in [-0.2, 0) is 22.7 Å². The zero-order chi connectivity index (χ0) is 33.5. The molecule has 0 saturated heterocycles. The molecule has 0 aliphatic carbocycles. The van der Waals surface area contributed by atoms with E-state index in [-0.39, 0.29) is 42.8 Å². The van der Waals surface area contributed by atoms with Crippen molar-refractivity contribution in [3.63, 3.8) is 0 Å². The molecule has 5 rings (SSSR count). The summed E-state index contributed by atoms with van der Waals surface area (Å²) >= 11 is 0. The lowest BCUT2D eigenvalue weighted by atomic mass is 10.1. The maximum absolute atomic E-state index is 13.3. The predicted molar refractivity (Wildman–Crippen MR) is 168 cm³/mol. The zero-order valence-corrected chi connectivity index (χ0v) is 25.5. The second-order valence-corrected chi connectivity index (χ2v) is 10.7. The minimum absolute atomic E-state index is 0.0250. The second kappa shape index (κ2) is 14.6. The quantitative estimate of drug-likeness (QED) is 0.228. The Morgan fingerprint density at radius 2 is 1.72 bits per heavy atom. The third kappa shape index (κ3) is 8.15. The molecule has 4 aromatic rings. The number of halogens is 3. The summed E-state index contributed by atoms with van der Waals surface area (Å²) in [6, 6.07) is 23.0. The molecule has 0 unspecified atom stereocenters. The number of hydrogen-bond acceptors (Lipinski definition) is 6. The number of alkyl halides is 2. The Morgan fingerprint density at radius 1 is 0.979 bits per heavy atom. The van der Waals surface area contributed by atoms with Gasteiger partial charge in [-0.1, -0.05) is 42.5 Å². The minimum Gasteiger partial charge on any atom is -0.485 e. The van der Waals surface area contributed by atoms with E-state index in [1.807, 2.05) is 30.3 Å². The van der Waals surface area contributed by atoms with E-state index in [0.29, 0.717) is 22.5 Å². The standard InChI is InChI=1S/C35H31F3N4O5/c1-22(43)42-20-25(24-11-16-31(47-35(37)38)32(18-24)46-21-23-7-4-3-5-8-23)17-30(42)33(44)39-19-27-9-6-10-29(40-27)34(45)41(2)28-14-12-26(36)13-15-28/h3-18,30,35H,19-21H2,1-2H3,(H,39,44)/t30-/m1/s1. The maximum atomic E-state index is 13.3. The van der Waals surface area contributed by atoms with Crippen molar-refractivity contribution in [2.45, 2.75) is 32.7 Å². The van der Waals surface area contributed by atoms with Crippen molar-refractivity contribution >= 4 is 29.0 Å². The molecule has 1 aromatic heterocycles. The van der Waals surface area contributed by atoms with Gasteiger partial charge in [0, 0.05) is 26.2 Å². The number of rotatable bonds is 11. The third-order valence-electron chi connectivity index (χ3n) is 7.46. The fourth-order valence-electron chi connectivity index (χ4n) is 5.01. The van der Waals surface area contributed by atoms with Crippen LogP contribution >= 0.6 is 0 Å². The summed E-state index contributed by atoms with van der Waals surface area (Å²) in [5, 5.41) is 2.78. The lowest BCUT2D eigenvalue weighted by molar-refractivity contribution is -0.136. The number of hydrogen-bond donors (Lipinski definition) is 1. The predicted octanol–water partition coefficient (Wildman–Crippen LogP) is 5.61. The molecule has 0 fully saturated rings. The lowest BCUT2D eigenvalue weighted by Gasteiger charge is -2.22. The van der Waals surface area contributed by atoms with E-state index < -0.39 is 30.3 Å². The van der Waals surface area contributed by atoms with E-state index in [0.717, 1.165) is 5.56 Å². The van der Waals surface area contributed by atoms with Crippen molar-refractivity contribution in [2.24, 2.45) is 0 Å². The summed E-state index contributed by atoms with van der Waals surface area (Å²) < 4.78 is 50.0. The van der Waals surface area contributed by atoms with Gasteiger partial charge in [0.25, 0.3) is 5.91 Å². The minimum atomic E-state index is -3.06. The fourth-order valence-corrected chi connectivity index (χ4v) is 5.01. The Morgan fingerprint density at radius 3 is 2.43 bits per heavy atom. The summed E-state index contributed by atoms with van der Waals surface area (Å²) in [7, 11) is 1.55. The van der Waals surface area contributed by atoms with Crippen LogP contribution in [0.4, 0.5) is 18.9 Å². The van der Waals surface area contributed by atoms with Gasteiger partial charge in [0.1, 0.15) is 24.2 Å².